The van der Waals surface area contributed by atoms with Crippen LogP contribution in [0.1, 0.15) is 10.4 Å². The van der Waals surface area contributed by atoms with E-state index in [1.54, 1.807) is 24.3 Å². The highest BCUT2D eigenvalue weighted by atomic mass is 127. The molecule has 0 aliphatic rings. The van der Waals surface area contributed by atoms with Gasteiger partial charge in [0.2, 0.25) is 10.0 Å². The number of nitrogens with two attached hydrogens (primary N) is 1. The number of aromatic nitrogens is 1. The summed E-state index contributed by atoms with van der Waals surface area (Å²) in [5.41, 5.74) is 6.06. The molecule has 0 aliphatic carbocycles. The Bertz CT molecular complexity index is 1220. The maximum atomic E-state index is 14.2. The molecule has 0 saturated heterocycles. The molecular formula is C19H16FIN4O4S. The molecule has 156 valence electrons. The first-order valence-electron chi connectivity index (χ1n) is 8.38. The van der Waals surface area contributed by atoms with Crippen molar-refractivity contribution in [3.63, 3.8) is 0 Å². The number of carbonyl (C=O) groups excluding carboxylic acids is 1. The van der Waals surface area contributed by atoms with Gasteiger partial charge in [-0.2, -0.15) is 0 Å². The molecule has 0 bridgehead atoms. The molecule has 8 nitrogen and oxygen atoms in total. The van der Waals surface area contributed by atoms with Crippen LogP contribution >= 0.6 is 22.6 Å². The minimum Gasteiger partial charge on any atom is -0.455 e. The van der Waals surface area contributed by atoms with E-state index in [0.29, 0.717) is 3.57 Å². The van der Waals surface area contributed by atoms with Gasteiger partial charge in [0.25, 0.3) is 5.91 Å². The zero-order chi connectivity index (χ0) is 21.9. The number of nitrogens with one attached hydrogen (secondary N) is 2. The second-order valence-electron chi connectivity index (χ2n) is 6.18. The number of carbonyl (C=O) groups is 1. The van der Waals surface area contributed by atoms with E-state index >= 15 is 0 Å². The van der Waals surface area contributed by atoms with Crippen LogP contribution in [-0.2, 0) is 10.0 Å². The smallest absolute Gasteiger partial charge is 0.254 e. The summed E-state index contributed by atoms with van der Waals surface area (Å²) < 4.78 is 45.8. The minimum atomic E-state index is -3.47. The van der Waals surface area contributed by atoms with E-state index in [-0.39, 0.29) is 34.1 Å². The van der Waals surface area contributed by atoms with Crippen molar-refractivity contribution in [3.8, 4) is 11.5 Å². The van der Waals surface area contributed by atoms with Crippen LogP contribution in [-0.4, -0.2) is 25.6 Å². The second kappa shape index (κ2) is 8.83. The molecule has 3 rings (SSSR count). The molecule has 30 heavy (non-hydrogen) atoms. The highest BCUT2D eigenvalue weighted by molar-refractivity contribution is 14.1. The van der Waals surface area contributed by atoms with E-state index in [0.717, 1.165) is 6.26 Å². The maximum Gasteiger partial charge on any atom is 0.254 e. The molecule has 2 aromatic carbocycles. The highest BCUT2D eigenvalue weighted by Crippen LogP contribution is 2.32. The Morgan fingerprint density at radius 3 is 2.60 bits per heavy atom. The fraction of sp³-hybridized carbons (Fsp3) is 0.0526. The average molecular weight is 542 g/mol. The van der Waals surface area contributed by atoms with Crippen LogP contribution in [0.4, 0.5) is 21.5 Å². The van der Waals surface area contributed by atoms with E-state index in [1.165, 1.54) is 30.6 Å². The van der Waals surface area contributed by atoms with Gasteiger partial charge in [0.05, 0.1) is 35.7 Å². The summed E-state index contributed by atoms with van der Waals surface area (Å²) in [6.07, 6.45) is 3.63. The summed E-state index contributed by atoms with van der Waals surface area (Å²) in [5, 5.41) is 2.80. The third-order valence-corrected chi connectivity index (χ3v) is 5.00. The van der Waals surface area contributed by atoms with Gasteiger partial charge in [-0.15, -0.1) is 0 Å². The Kier molecular flexibility index (Phi) is 6.41. The molecule has 1 heterocycles. The predicted molar refractivity (Wildman–Crippen MR) is 120 cm³/mol. The number of primary amides is 1. The Balaban J connectivity index is 1.95. The van der Waals surface area contributed by atoms with E-state index in [9.17, 15) is 17.6 Å². The normalized spacial score (nSPS) is 11.0. The number of nitrogens with zero attached hydrogens (tertiary/aromatic N) is 1. The van der Waals surface area contributed by atoms with Gasteiger partial charge >= 0.3 is 0 Å². The number of rotatable bonds is 7. The van der Waals surface area contributed by atoms with Gasteiger partial charge in [0.1, 0.15) is 17.1 Å². The number of hydrogen-bond donors (Lipinski definition) is 3. The van der Waals surface area contributed by atoms with E-state index < -0.39 is 21.7 Å². The van der Waals surface area contributed by atoms with Gasteiger partial charge in [-0.3, -0.25) is 14.5 Å². The molecule has 3 aromatic rings. The number of ether oxygens (including phenoxy) is 1. The summed E-state index contributed by atoms with van der Waals surface area (Å²) in [5.74, 6) is -1.06. The molecule has 0 fully saturated rings. The predicted octanol–water partition coefficient (Wildman–Crippen LogP) is 3.83. The molecule has 11 heteroatoms. The van der Waals surface area contributed by atoms with Gasteiger partial charge in [-0.25, -0.2) is 12.8 Å². The second-order valence-corrected chi connectivity index (χ2v) is 9.17. The zero-order valence-corrected chi connectivity index (χ0v) is 18.5. The molecule has 0 atom stereocenters. The Hall–Kier alpha value is -2.93. The van der Waals surface area contributed by atoms with Crippen molar-refractivity contribution >= 4 is 55.6 Å². The molecule has 1 aromatic heterocycles. The van der Waals surface area contributed by atoms with E-state index in [1.807, 2.05) is 22.6 Å². The monoisotopic (exact) mass is 542 g/mol. The van der Waals surface area contributed by atoms with E-state index in [2.05, 4.69) is 15.0 Å². The average Bonchev–Trinajstić information content (AvgIpc) is 2.63. The molecular weight excluding hydrogens is 526 g/mol. The third kappa shape index (κ3) is 5.57. The van der Waals surface area contributed by atoms with Crippen LogP contribution in [0.3, 0.4) is 0 Å². The summed E-state index contributed by atoms with van der Waals surface area (Å²) in [7, 11) is -3.47. The molecule has 0 radical (unpaired) electrons. The van der Waals surface area contributed by atoms with Gasteiger partial charge < -0.3 is 15.8 Å². The number of hydrogen-bond acceptors (Lipinski definition) is 6. The van der Waals surface area contributed by atoms with Crippen LogP contribution in [0.15, 0.2) is 54.9 Å². The number of benzene rings is 2. The SMILES string of the molecule is CS(=O)(=O)Nc1cccc(Oc2cncc(Nc3ccc(I)cc3F)c2C(N)=O)c1. The van der Waals surface area contributed by atoms with Crippen molar-refractivity contribution in [1.29, 1.82) is 0 Å². The quantitative estimate of drug-likeness (QED) is 0.390. The lowest BCUT2D eigenvalue weighted by Crippen LogP contribution is -2.15. The Morgan fingerprint density at radius 2 is 1.93 bits per heavy atom. The van der Waals surface area contributed by atoms with Crippen molar-refractivity contribution in [1.82, 2.24) is 4.98 Å². The summed E-state index contributed by atoms with van der Waals surface area (Å²) >= 11 is 1.98. The molecule has 1 amide bonds. The van der Waals surface area contributed by atoms with E-state index in [4.69, 9.17) is 10.5 Å². The van der Waals surface area contributed by atoms with Crippen LogP contribution < -0.4 is 20.5 Å². The van der Waals surface area contributed by atoms with Gasteiger partial charge in [-0.1, -0.05) is 6.07 Å². The first-order valence-corrected chi connectivity index (χ1v) is 11.3. The Labute approximate surface area is 185 Å². The van der Waals surface area contributed by atoms with Crippen LogP contribution in [0.25, 0.3) is 0 Å². The van der Waals surface area contributed by atoms with Crippen molar-refractivity contribution < 1.29 is 22.3 Å². The number of pyridine rings is 1. The Morgan fingerprint density at radius 1 is 1.17 bits per heavy atom. The molecule has 0 unspecified atom stereocenters. The van der Waals surface area contributed by atoms with Gasteiger partial charge in [0, 0.05) is 9.64 Å². The highest BCUT2D eigenvalue weighted by Gasteiger charge is 2.18. The van der Waals surface area contributed by atoms with Gasteiger partial charge in [0.15, 0.2) is 5.75 Å². The molecule has 0 aliphatic heterocycles. The number of amides is 1. The number of sulfonamides is 1. The van der Waals surface area contributed by atoms with Crippen molar-refractivity contribution in [2.45, 2.75) is 0 Å². The summed E-state index contributed by atoms with van der Waals surface area (Å²) in [4.78, 5) is 16.1. The summed E-state index contributed by atoms with van der Waals surface area (Å²) in [6.45, 7) is 0. The minimum absolute atomic E-state index is 0.0231. The summed E-state index contributed by atoms with van der Waals surface area (Å²) in [6, 6.07) is 10.7. The van der Waals surface area contributed by atoms with Crippen LogP contribution in [0.5, 0.6) is 11.5 Å². The lowest BCUT2D eigenvalue weighted by Gasteiger charge is -2.15. The fourth-order valence-electron chi connectivity index (χ4n) is 2.57. The first kappa shape index (κ1) is 21.8. The topological polar surface area (TPSA) is 123 Å². The van der Waals surface area contributed by atoms with Gasteiger partial charge in [-0.05, 0) is 52.9 Å². The molecule has 0 spiro atoms. The number of halogens is 2. The number of anilines is 3. The first-order chi connectivity index (χ1) is 14.1. The van der Waals surface area contributed by atoms with Crippen LogP contribution in [0, 0.1) is 9.39 Å². The molecule has 0 saturated carbocycles. The lowest BCUT2D eigenvalue weighted by atomic mass is 10.2. The third-order valence-electron chi connectivity index (χ3n) is 3.72. The molecule has 4 N–H and O–H groups in total. The van der Waals surface area contributed by atoms with Crippen molar-refractivity contribution in [2.75, 3.05) is 16.3 Å². The maximum absolute atomic E-state index is 14.2. The van der Waals surface area contributed by atoms with Crippen LogP contribution in [0.2, 0.25) is 0 Å². The largest absolute Gasteiger partial charge is 0.455 e. The standard InChI is InChI=1S/C19H16FIN4O4S/c1-30(27,28)25-12-3-2-4-13(8-12)29-17-10-23-9-16(18(17)19(22)26)24-15-6-5-11(21)7-14(15)20/h2-10,24-25H,1H3,(H2,22,26). The van der Waals surface area contributed by atoms with Crippen molar-refractivity contribution in [2.24, 2.45) is 5.73 Å². The zero-order valence-electron chi connectivity index (χ0n) is 15.5. The fourth-order valence-corrected chi connectivity index (χ4v) is 3.58. The lowest BCUT2D eigenvalue weighted by molar-refractivity contribution is 0.0999. The van der Waals surface area contributed by atoms with Crippen molar-refractivity contribution in [3.05, 3.63) is 69.8 Å².